The van der Waals surface area contributed by atoms with Crippen LogP contribution in [0.4, 0.5) is 0 Å². The molecule has 8 nitrogen and oxygen atoms in total. The largest absolute Gasteiger partial charge is 0.371 e. The average molecular weight is 441 g/mol. The number of ether oxygens (including phenoxy) is 1. The highest BCUT2D eigenvalue weighted by Crippen LogP contribution is 2.21. The summed E-state index contributed by atoms with van der Waals surface area (Å²) in [7, 11) is 3.23. The first-order chi connectivity index (χ1) is 14.4. The van der Waals surface area contributed by atoms with E-state index < -0.39 is 23.6 Å². The summed E-state index contributed by atoms with van der Waals surface area (Å²) in [4.78, 5) is 43.4. The summed E-state index contributed by atoms with van der Waals surface area (Å²) in [6.45, 7) is 16.1. The van der Waals surface area contributed by atoms with Gasteiger partial charge in [-0.1, -0.05) is 26.8 Å². The van der Waals surface area contributed by atoms with E-state index in [1.165, 1.54) is 9.80 Å². The van der Waals surface area contributed by atoms with Crippen LogP contribution in [0.3, 0.4) is 0 Å². The zero-order chi connectivity index (χ0) is 24.2. The molecule has 0 aromatic heterocycles. The Morgan fingerprint density at radius 3 is 2.10 bits per heavy atom. The molecule has 0 saturated carbocycles. The molecular formula is C23H44N4O4. The zero-order valence-electron chi connectivity index (χ0n) is 20.6. The molecule has 0 aromatic carbocycles. The predicted molar refractivity (Wildman–Crippen MR) is 124 cm³/mol. The number of nitrogens with two attached hydrogens (primary N) is 1. The van der Waals surface area contributed by atoms with Crippen molar-refractivity contribution < 1.29 is 19.1 Å². The van der Waals surface area contributed by atoms with Gasteiger partial charge in [-0.25, -0.2) is 0 Å². The Bertz CT molecular complexity index is 590. The van der Waals surface area contributed by atoms with Crippen LogP contribution < -0.4 is 5.73 Å². The van der Waals surface area contributed by atoms with Gasteiger partial charge in [0.25, 0.3) is 0 Å². The third-order valence-electron chi connectivity index (χ3n) is 5.64. The number of rotatable bonds is 16. The maximum atomic E-state index is 13.5. The molecule has 8 heteroatoms. The van der Waals surface area contributed by atoms with E-state index in [1.54, 1.807) is 20.2 Å². The Balaban J connectivity index is 5.69. The molecular weight excluding hydrogens is 396 g/mol. The lowest BCUT2D eigenvalue weighted by molar-refractivity contribution is -0.149. The molecule has 0 aromatic rings. The number of primary amides is 1. The molecule has 2 N–H and O–H groups in total. The van der Waals surface area contributed by atoms with Gasteiger partial charge in [0, 0.05) is 33.5 Å². The zero-order valence-corrected chi connectivity index (χ0v) is 20.6. The highest BCUT2D eigenvalue weighted by atomic mass is 16.5. The second-order valence-corrected chi connectivity index (χ2v) is 8.52. The van der Waals surface area contributed by atoms with E-state index in [4.69, 9.17) is 10.5 Å². The van der Waals surface area contributed by atoms with Crippen molar-refractivity contribution in [3.8, 4) is 0 Å². The van der Waals surface area contributed by atoms with Crippen LogP contribution in [0.15, 0.2) is 12.7 Å². The number of nitrogens with zero attached hydrogens (tertiary/aromatic N) is 3. The topological polar surface area (TPSA) is 96.2 Å². The highest BCUT2D eigenvalue weighted by Gasteiger charge is 2.37. The Morgan fingerprint density at radius 2 is 1.65 bits per heavy atom. The molecule has 0 unspecified atom stereocenters. The van der Waals surface area contributed by atoms with Gasteiger partial charge in [-0.2, -0.15) is 0 Å². The molecule has 0 radical (unpaired) electrons. The summed E-state index contributed by atoms with van der Waals surface area (Å²) in [5.41, 5.74) is 4.99. The summed E-state index contributed by atoms with van der Waals surface area (Å²) < 4.78 is 5.74. The van der Waals surface area contributed by atoms with Crippen LogP contribution >= 0.6 is 0 Å². The van der Waals surface area contributed by atoms with E-state index in [0.29, 0.717) is 32.4 Å². The van der Waals surface area contributed by atoms with E-state index in [9.17, 15) is 14.4 Å². The molecule has 0 fully saturated rings. The summed E-state index contributed by atoms with van der Waals surface area (Å²) in [6.07, 6.45) is 3.44. The maximum absolute atomic E-state index is 13.5. The number of carbonyl (C=O) groups is 3. The lowest BCUT2D eigenvalue weighted by Crippen LogP contribution is -2.56. The molecule has 0 spiro atoms. The van der Waals surface area contributed by atoms with E-state index in [2.05, 4.69) is 25.3 Å². The summed E-state index contributed by atoms with van der Waals surface area (Å²) in [5.74, 6) is -0.974. The van der Waals surface area contributed by atoms with Crippen molar-refractivity contribution in [1.82, 2.24) is 14.7 Å². The Hall–Kier alpha value is -1.93. The van der Waals surface area contributed by atoms with Gasteiger partial charge in [-0.15, -0.1) is 6.58 Å². The first kappa shape index (κ1) is 29.1. The van der Waals surface area contributed by atoms with Gasteiger partial charge in [0.1, 0.15) is 12.1 Å². The van der Waals surface area contributed by atoms with Gasteiger partial charge in [0.05, 0.1) is 12.2 Å². The first-order valence-corrected chi connectivity index (χ1v) is 11.2. The van der Waals surface area contributed by atoms with Crippen molar-refractivity contribution in [1.29, 1.82) is 0 Å². The van der Waals surface area contributed by atoms with Crippen LogP contribution in [0.5, 0.6) is 0 Å². The van der Waals surface area contributed by atoms with Crippen LogP contribution in [0.1, 0.15) is 60.3 Å². The van der Waals surface area contributed by atoms with E-state index in [0.717, 1.165) is 13.1 Å². The molecule has 0 aliphatic carbocycles. The minimum Gasteiger partial charge on any atom is -0.371 e. The Labute approximate surface area is 188 Å². The third kappa shape index (κ3) is 9.82. The average Bonchev–Trinajstić information content (AvgIpc) is 2.72. The fourth-order valence-corrected chi connectivity index (χ4v) is 3.52. The monoisotopic (exact) mass is 440 g/mol. The third-order valence-corrected chi connectivity index (χ3v) is 5.64. The van der Waals surface area contributed by atoms with Gasteiger partial charge >= 0.3 is 0 Å². The van der Waals surface area contributed by atoms with Crippen molar-refractivity contribution in [2.24, 2.45) is 5.73 Å². The molecule has 2 atom stereocenters. The molecule has 0 bridgehead atoms. The molecule has 0 rings (SSSR count). The summed E-state index contributed by atoms with van der Waals surface area (Å²) in [5, 5.41) is 0. The maximum Gasteiger partial charge on any atom is 0.245 e. The SMILES string of the molecule is C=CCOC(C)(C)C[C@@H](C(N)=O)N(C)C(=O)[C@@H](CCN(CC)CC)N(C)C(=O)CCC. The van der Waals surface area contributed by atoms with Gasteiger partial charge in [-0.05, 0) is 39.8 Å². The number of hydrogen-bond donors (Lipinski definition) is 1. The summed E-state index contributed by atoms with van der Waals surface area (Å²) in [6, 6.07) is -1.51. The fraction of sp³-hybridized carbons (Fsp3) is 0.783. The van der Waals surface area contributed by atoms with Gasteiger partial charge in [-0.3, -0.25) is 14.4 Å². The quantitative estimate of drug-likeness (QED) is 0.371. The fourth-order valence-electron chi connectivity index (χ4n) is 3.52. The van der Waals surface area contributed by atoms with Gasteiger partial charge < -0.3 is 25.2 Å². The minimum atomic E-state index is -0.849. The number of amides is 3. The molecule has 0 aliphatic heterocycles. The van der Waals surface area contributed by atoms with Crippen LogP contribution in [-0.2, 0) is 19.1 Å². The van der Waals surface area contributed by atoms with E-state index in [-0.39, 0.29) is 18.2 Å². The van der Waals surface area contributed by atoms with Gasteiger partial charge in [0.15, 0.2) is 0 Å². The lowest BCUT2D eigenvalue weighted by Gasteiger charge is -2.37. The highest BCUT2D eigenvalue weighted by molar-refractivity contribution is 5.91. The standard InChI is InChI=1S/C23H44N4O4/c1-9-13-20(28)25(7)18(14-15-27(11-3)12-4)22(30)26(8)19(21(24)29)17-23(5,6)31-16-10-2/h10,18-19H,2,9,11-17H2,1,3-8H3,(H2,24,29)/t18-,19+/m1/s1. The minimum absolute atomic E-state index is 0.0842. The predicted octanol–water partition coefficient (Wildman–Crippen LogP) is 2.03. The van der Waals surface area contributed by atoms with Crippen molar-refractivity contribution in [3.63, 3.8) is 0 Å². The summed E-state index contributed by atoms with van der Waals surface area (Å²) >= 11 is 0. The molecule has 31 heavy (non-hydrogen) atoms. The second-order valence-electron chi connectivity index (χ2n) is 8.52. The smallest absolute Gasteiger partial charge is 0.245 e. The van der Waals surface area contributed by atoms with Crippen LogP contribution in [0, 0.1) is 0 Å². The van der Waals surface area contributed by atoms with E-state index >= 15 is 0 Å². The molecule has 0 saturated heterocycles. The molecule has 180 valence electrons. The molecule has 3 amide bonds. The number of hydrogen-bond acceptors (Lipinski definition) is 5. The van der Waals surface area contributed by atoms with Crippen molar-refractivity contribution >= 4 is 17.7 Å². The number of carbonyl (C=O) groups excluding carboxylic acids is 3. The first-order valence-electron chi connectivity index (χ1n) is 11.2. The van der Waals surface area contributed by atoms with E-state index in [1.807, 2.05) is 20.8 Å². The van der Waals surface area contributed by atoms with Crippen molar-refractivity contribution in [2.75, 3.05) is 40.3 Å². The number of likely N-dealkylation sites (N-methyl/N-ethyl adjacent to an activating group) is 2. The van der Waals surface area contributed by atoms with Crippen LogP contribution in [0.25, 0.3) is 0 Å². The van der Waals surface area contributed by atoms with Crippen molar-refractivity contribution in [2.45, 2.75) is 78.0 Å². The Kier molecular flexibility index (Phi) is 13.3. The van der Waals surface area contributed by atoms with Crippen molar-refractivity contribution in [3.05, 3.63) is 12.7 Å². The van der Waals surface area contributed by atoms with Crippen LogP contribution in [0.2, 0.25) is 0 Å². The molecule has 0 aliphatic rings. The van der Waals surface area contributed by atoms with Crippen LogP contribution in [-0.4, -0.2) is 90.4 Å². The second kappa shape index (κ2) is 14.2. The van der Waals surface area contributed by atoms with Gasteiger partial charge in [0.2, 0.25) is 17.7 Å². The lowest BCUT2D eigenvalue weighted by atomic mass is 9.96. The normalized spacial score (nSPS) is 13.5. The molecule has 0 heterocycles. The Morgan fingerprint density at radius 1 is 1.06 bits per heavy atom.